The Labute approximate surface area is 136 Å². The molecule has 0 unspecified atom stereocenters. The molecule has 3 aromatic rings. The SMILES string of the molecule is COc1ccc([C@@H](C)Nc2cccc3ccccc23)cc1OC. The maximum Gasteiger partial charge on any atom is 0.161 e. The van der Waals surface area contributed by atoms with Gasteiger partial charge in [0.05, 0.1) is 14.2 Å². The van der Waals surface area contributed by atoms with Crippen molar-refractivity contribution in [2.45, 2.75) is 13.0 Å². The first-order valence-electron chi connectivity index (χ1n) is 7.69. The lowest BCUT2D eigenvalue weighted by Gasteiger charge is -2.19. The molecule has 0 spiro atoms. The van der Waals surface area contributed by atoms with Gasteiger partial charge in [0.25, 0.3) is 0 Å². The Morgan fingerprint density at radius 1 is 0.826 bits per heavy atom. The van der Waals surface area contributed by atoms with Crippen LogP contribution in [0.5, 0.6) is 11.5 Å². The van der Waals surface area contributed by atoms with Gasteiger partial charge < -0.3 is 14.8 Å². The van der Waals surface area contributed by atoms with E-state index in [1.165, 1.54) is 10.8 Å². The lowest BCUT2D eigenvalue weighted by atomic mass is 10.0. The summed E-state index contributed by atoms with van der Waals surface area (Å²) in [6.07, 6.45) is 0. The van der Waals surface area contributed by atoms with Crippen molar-refractivity contribution in [3.05, 3.63) is 66.2 Å². The Morgan fingerprint density at radius 3 is 2.35 bits per heavy atom. The highest BCUT2D eigenvalue weighted by atomic mass is 16.5. The summed E-state index contributed by atoms with van der Waals surface area (Å²) in [5, 5.41) is 6.05. The van der Waals surface area contributed by atoms with Gasteiger partial charge in [-0.25, -0.2) is 0 Å². The fourth-order valence-electron chi connectivity index (χ4n) is 2.79. The van der Waals surface area contributed by atoms with E-state index in [4.69, 9.17) is 9.47 Å². The number of hydrogen-bond acceptors (Lipinski definition) is 3. The molecule has 0 aliphatic rings. The van der Waals surface area contributed by atoms with E-state index in [9.17, 15) is 0 Å². The van der Waals surface area contributed by atoms with Crippen molar-refractivity contribution < 1.29 is 9.47 Å². The standard InChI is InChI=1S/C20H21NO2/c1-14(16-11-12-19(22-2)20(13-16)23-3)21-18-10-6-8-15-7-4-5-9-17(15)18/h4-14,21H,1-3H3/t14-/m1/s1. The van der Waals surface area contributed by atoms with Gasteiger partial charge in [-0.3, -0.25) is 0 Å². The van der Waals surface area contributed by atoms with E-state index in [0.29, 0.717) is 0 Å². The van der Waals surface area contributed by atoms with Crippen LogP contribution in [0, 0.1) is 0 Å². The molecule has 0 saturated heterocycles. The van der Waals surface area contributed by atoms with E-state index in [1.54, 1.807) is 14.2 Å². The van der Waals surface area contributed by atoms with Crippen LogP contribution in [0.15, 0.2) is 60.7 Å². The molecule has 0 aromatic heterocycles. The number of fused-ring (bicyclic) bond motifs is 1. The molecule has 0 aliphatic heterocycles. The molecule has 0 aliphatic carbocycles. The van der Waals surface area contributed by atoms with Crippen LogP contribution in [0.3, 0.4) is 0 Å². The molecular weight excluding hydrogens is 286 g/mol. The van der Waals surface area contributed by atoms with Crippen LogP contribution >= 0.6 is 0 Å². The Balaban J connectivity index is 1.90. The molecule has 23 heavy (non-hydrogen) atoms. The molecule has 0 heterocycles. The van der Waals surface area contributed by atoms with Crippen LogP contribution in [0.25, 0.3) is 10.8 Å². The topological polar surface area (TPSA) is 30.5 Å². The Morgan fingerprint density at radius 2 is 1.57 bits per heavy atom. The van der Waals surface area contributed by atoms with Gasteiger partial charge in [0, 0.05) is 17.1 Å². The van der Waals surface area contributed by atoms with Crippen molar-refractivity contribution in [2.75, 3.05) is 19.5 Å². The number of benzene rings is 3. The Hall–Kier alpha value is -2.68. The highest BCUT2D eigenvalue weighted by molar-refractivity contribution is 5.93. The number of methoxy groups -OCH3 is 2. The van der Waals surface area contributed by atoms with Gasteiger partial charge in [-0.2, -0.15) is 0 Å². The summed E-state index contributed by atoms with van der Waals surface area (Å²) >= 11 is 0. The van der Waals surface area contributed by atoms with Crippen molar-refractivity contribution in [2.24, 2.45) is 0 Å². The van der Waals surface area contributed by atoms with E-state index >= 15 is 0 Å². The molecular formula is C20H21NO2. The molecule has 1 N–H and O–H groups in total. The van der Waals surface area contributed by atoms with E-state index in [-0.39, 0.29) is 6.04 Å². The zero-order valence-corrected chi connectivity index (χ0v) is 13.7. The Kier molecular flexibility index (Phi) is 4.38. The second kappa shape index (κ2) is 6.61. The lowest BCUT2D eigenvalue weighted by molar-refractivity contribution is 0.354. The van der Waals surface area contributed by atoms with Crippen LogP contribution in [-0.2, 0) is 0 Å². The highest BCUT2D eigenvalue weighted by Gasteiger charge is 2.11. The maximum atomic E-state index is 5.39. The molecule has 118 valence electrons. The predicted octanol–water partition coefficient (Wildman–Crippen LogP) is 5.03. The third-order valence-corrected chi connectivity index (χ3v) is 4.07. The summed E-state index contributed by atoms with van der Waals surface area (Å²) in [5.41, 5.74) is 2.28. The first kappa shape index (κ1) is 15.2. The average Bonchev–Trinajstić information content (AvgIpc) is 2.61. The normalized spacial score (nSPS) is 12.0. The molecule has 0 radical (unpaired) electrons. The third-order valence-electron chi connectivity index (χ3n) is 4.07. The zero-order chi connectivity index (χ0) is 16.2. The first-order chi connectivity index (χ1) is 11.2. The summed E-state index contributed by atoms with van der Waals surface area (Å²) < 4.78 is 10.7. The minimum Gasteiger partial charge on any atom is -0.493 e. The molecule has 0 bridgehead atoms. The van der Waals surface area contributed by atoms with Crippen LogP contribution in [0.4, 0.5) is 5.69 Å². The van der Waals surface area contributed by atoms with Crippen molar-refractivity contribution in [1.29, 1.82) is 0 Å². The molecule has 0 saturated carbocycles. The number of nitrogens with one attached hydrogen (secondary N) is 1. The van der Waals surface area contributed by atoms with E-state index < -0.39 is 0 Å². The zero-order valence-electron chi connectivity index (χ0n) is 13.7. The van der Waals surface area contributed by atoms with Crippen LogP contribution in [0.1, 0.15) is 18.5 Å². The molecule has 3 rings (SSSR count). The van der Waals surface area contributed by atoms with Crippen molar-refractivity contribution in [1.82, 2.24) is 0 Å². The van der Waals surface area contributed by atoms with Crippen molar-refractivity contribution >= 4 is 16.5 Å². The fourth-order valence-corrected chi connectivity index (χ4v) is 2.79. The van der Waals surface area contributed by atoms with Gasteiger partial charge in [-0.05, 0) is 36.1 Å². The average molecular weight is 307 g/mol. The van der Waals surface area contributed by atoms with Gasteiger partial charge in [-0.15, -0.1) is 0 Å². The second-order valence-electron chi connectivity index (χ2n) is 5.51. The summed E-state index contributed by atoms with van der Waals surface area (Å²) in [7, 11) is 3.31. The van der Waals surface area contributed by atoms with Gasteiger partial charge in [-0.1, -0.05) is 42.5 Å². The number of hydrogen-bond donors (Lipinski definition) is 1. The van der Waals surface area contributed by atoms with E-state index in [1.807, 2.05) is 12.1 Å². The van der Waals surface area contributed by atoms with E-state index in [2.05, 4.69) is 60.8 Å². The smallest absolute Gasteiger partial charge is 0.161 e. The number of rotatable bonds is 5. The fraction of sp³-hybridized carbons (Fsp3) is 0.200. The van der Waals surface area contributed by atoms with Crippen molar-refractivity contribution in [3.63, 3.8) is 0 Å². The molecule has 1 atom stereocenters. The second-order valence-corrected chi connectivity index (χ2v) is 5.51. The quantitative estimate of drug-likeness (QED) is 0.717. The molecule has 3 nitrogen and oxygen atoms in total. The van der Waals surface area contributed by atoms with Crippen LogP contribution in [0.2, 0.25) is 0 Å². The monoisotopic (exact) mass is 307 g/mol. The van der Waals surface area contributed by atoms with E-state index in [0.717, 1.165) is 22.7 Å². The maximum absolute atomic E-state index is 5.39. The van der Waals surface area contributed by atoms with Gasteiger partial charge >= 0.3 is 0 Å². The van der Waals surface area contributed by atoms with Gasteiger partial charge in [0.1, 0.15) is 0 Å². The summed E-state index contributed by atoms with van der Waals surface area (Å²) in [5.74, 6) is 1.49. The largest absolute Gasteiger partial charge is 0.493 e. The molecule has 3 heteroatoms. The summed E-state index contributed by atoms with van der Waals surface area (Å²) in [6, 6.07) is 20.9. The minimum atomic E-state index is 0.153. The third kappa shape index (κ3) is 3.09. The lowest BCUT2D eigenvalue weighted by Crippen LogP contribution is -2.07. The first-order valence-corrected chi connectivity index (χ1v) is 7.69. The van der Waals surface area contributed by atoms with Gasteiger partial charge in [0.15, 0.2) is 11.5 Å². The highest BCUT2D eigenvalue weighted by Crippen LogP contribution is 2.32. The van der Waals surface area contributed by atoms with Crippen LogP contribution < -0.4 is 14.8 Å². The number of ether oxygens (including phenoxy) is 2. The summed E-state index contributed by atoms with van der Waals surface area (Å²) in [4.78, 5) is 0. The summed E-state index contributed by atoms with van der Waals surface area (Å²) in [6.45, 7) is 2.14. The Bertz CT molecular complexity index is 808. The van der Waals surface area contributed by atoms with Gasteiger partial charge in [0.2, 0.25) is 0 Å². The molecule has 0 fully saturated rings. The number of anilines is 1. The minimum absolute atomic E-state index is 0.153. The predicted molar refractivity (Wildman–Crippen MR) is 95.5 cm³/mol. The van der Waals surface area contributed by atoms with Crippen molar-refractivity contribution in [3.8, 4) is 11.5 Å². The molecule has 3 aromatic carbocycles. The molecule has 0 amide bonds. The van der Waals surface area contributed by atoms with Crippen LogP contribution in [-0.4, -0.2) is 14.2 Å².